The first-order valence-corrected chi connectivity index (χ1v) is 1.94. The van der Waals surface area contributed by atoms with E-state index in [4.69, 9.17) is 5.11 Å². The SMILES string of the molecule is CC1(O)C=NC1.Cl. The predicted molar refractivity (Wildman–Crippen MR) is 31.2 cm³/mol. The van der Waals surface area contributed by atoms with Crippen LogP contribution in [0.1, 0.15) is 6.92 Å². The average molecular weight is 122 g/mol. The molecule has 3 heteroatoms. The number of hydrogen-bond donors (Lipinski definition) is 1. The summed E-state index contributed by atoms with van der Waals surface area (Å²) in [6.45, 7) is 2.31. The minimum atomic E-state index is -0.569. The van der Waals surface area contributed by atoms with Gasteiger partial charge in [0, 0.05) is 6.21 Å². The van der Waals surface area contributed by atoms with Gasteiger partial charge in [0.2, 0.25) is 0 Å². The van der Waals surface area contributed by atoms with Crippen LogP contribution in [0.15, 0.2) is 4.99 Å². The van der Waals surface area contributed by atoms with Gasteiger partial charge in [0.1, 0.15) is 5.60 Å². The number of aliphatic imine (C=N–C) groups is 1. The second kappa shape index (κ2) is 1.80. The van der Waals surface area contributed by atoms with Crippen LogP contribution < -0.4 is 0 Å². The van der Waals surface area contributed by atoms with Gasteiger partial charge in [-0.15, -0.1) is 12.4 Å². The molecular formula is C4H8ClNO. The van der Waals surface area contributed by atoms with Gasteiger partial charge in [-0.3, -0.25) is 4.99 Å². The van der Waals surface area contributed by atoms with Gasteiger partial charge in [0.05, 0.1) is 6.54 Å². The molecule has 0 spiro atoms. The van der Waals surface area contributed by atoms with Crippen molar-refractivity contribution in [1.82, 2.24) is 0 Å². The summed E-state index contributed by atoms with van der Waals surface area (Å²) in [5.74, 6) is 0. The highest BCUT2D eigenvalue weighted by atomic mass is 35.5. The maximum absolute atomic E-state index is 8.76. The van der Waals surface area contributed by atoms with Gasteiger partial charge >= 0.3 is 0 Å². The molecule has 1 unspecified atom stereocenters. The van der Waals surface area contributed by atoms with Crippen LogP contribution in [0.4, 0.5) is 0 Å². The molecule has 0 saturated carbocycles. The summed E-state index contributed by atoms with van der Waals surface area (Å²) >= 11 is 0. The molecule has 1 aliphatic rings. The Morgan fingerprint density at radius 1 is 1.86 bits per heavy atom. The Morgan fingerprint density at radius 2 is 2.14 bits per heavy atom. The lowest BCUT2D eigenvalue weighted by Gasteiger charge is -2.21. The highest BCUT2D eigenvalue weighted by molar-refractivity contribution is 5.85. The smallest absolute Gasteiger partial charge is 0.116 e. The van der Waals surface area contributed by atoms with Crippen LogP contribution >= 0.6 is 12.4 Å². The monoisotopic (exact) mass is 121 g/mol. The maximum atomic E-state index is 8.76. The Kier molecular flexibility index (Phi) is 1.78. The van der Waals surface area contributed by atoms with E-state index < -0.39 is 5.60 Å². The number of hydrogen-bond acceptors (Lipinski definition) is 2. The van der Waals surface area contributed by atoms with Crippen LogP contribution in [0.3, 0.4) is 0 Å². The molecule has 0 aromatic carbocycles. The molecule has 2 nitrogen and oxygen atoms in total. The zero-order valence-corrected chi connectivity index (χ0v) is 4.90. The molecule has 1 atom stereocenters. The lowest BCUT2D eigenvalue weighted by molar-refractivity contribution is 0.131. The molecule has 1 rings (SSSR count). The van der Waals surface area contributed by atoms with E-state index in [9.17, 15) is 0 Å². The molecule has 0 fully saturated rings. The van der Waals surface area contributed by atoms with E-state index in [1.54, 1.807) is 13.1 Å². The zero-order valence-electron chi connectivity index (χ0n) is 4.09. The first kappa shape index (κ1) is 6.92. The average Bonchev–Trinajstić information content (AvgIpc) is 1.32. The fourth-order valence-corrected chi connectivity index (χ4v) is 0.356. The van der Waals surface area contributed by atoms with Crippen LogP contribution in [0.25, 0.3) is 0 Å². The Bertz CT molecular complexity index is 89.7. The molecule has 42 valence electrons. The molecule has 0 saturated heterocycles. The quantitative estimate of drug-likeness (QED) is 0.490. The molecule has 0 aromatic rings. The van der Waals surface area contributed by atoms with Crippen molar-refractivity contribution in [1.29, 1.82) is 0 Å². The van der Waals surface area contributed by atoms with Crippen molar-refractivity contribution >= 4 is 18.6 Å². The van der Waals surface area contributed by atoms with Crippen LogP contribution in [-0.2, 0) is 0 Å². The second-order valence-electron chi connectivity index (χ2n) is 1.83. The van der Waals surface area contributed by atoms with Gasteiger partial charge in [-0.2, -0.15) is 0 Å². The van der Waals surface area contributed by atoms with E-state index in [-0.39, 0.29) is 12.4 Å². The third-order valence-electron chi connectivity index (χ3n) is 0.781. The van der Waals surface area contributed by atoms with Gasteiger partial charge in [-0.1, -0.05) is 0 Å². The van der Waals surface area contributed by atoms with E-state index in [0.29, 0.717) is 6.54 Å². The van der Waals surface area contributed by atoms with Crippen molar-refractivity contribution in [3.05, 3.63) is 0 Å². The summed E-state index contributed by atoms with van der Waals surface area (Å²) in [5, 5.41) is 8.76. The lowest BCUT2D eigenvalue weighted by atomic mass is 10.1. The number of rotatable bonds is 0. The summed E-state index contributed by atoms with van der Waals surface area (Å²) in [5.41, 5.74) is -0.569. The van der Waals surface area contributed by atoms with E-state index in [1.807, 2.05) is 0 Å². The van der Waals surface area contributed by atoms with Gasteiger partial charge in [-0.25, -0.2) is 0 Å². The summed E-state index contributed by atoms with van der Waals surface area (Å²) in [6.07, 6.45) is 1.55. The third kappa shape index (κ3) is 1.45. The molecule has 0 aromatic heterocycles. The van der Waals surface area contributed by atoms with Crippen LogP contribution in [-0.4, -0.2) is 23.5 Å². The molecule has 1 N–H and O–H groups in total. The second-order valence-corrected chi connectivity index (χ2v) is 1.83. The fraction of sp³-hybridized carbons (Fsp3) is 0.750. The summed E-state index contributed by atoms with van der Waals surface area (Å²) in [6, 6.07) is 0. The topological polar surface area (TPSA) is 32.6 Å². The number of nitrogens with zero attached hydrogens (tertiary/aromatic N) is 1. The highest BCUT2D eigenvalue weighted by Crippen LogP contribution is 2.06. The van der Waals surface area contributed by atoms with E-state index >= 15 is 0 Å². The minimum Gasteiger partial charge on any atom is -0.383 e. The molecule has 1 aliphatic heterocycles. The molecule has 0 amide bonds. The van der Waals surface area contributed by atoms with E-state index in [0.717, 1.165) is 0 Å². The zero-order chi connectivity index (χ0) is 4.62. The Balaban J connectivity index is 0.000000360. The normalized spacial score (nSPS) is 36.3. The fourth-order valence-electron chi connectivity index (χ4n) is 0.356. The standard InChI is InChI=1S/C4H7NO.ClH/c1-4(6)2-5-3-4;/h2,6H,3H2,1H3;1H. The van der Waals surface area contributed by atoms with Crippen molar-refractivity contribution in [2.75, 3.05) is 6.54 Å². The summed E-state index contributed by atoms with van der Waals surface area (Å²) in [7, 11) is 0. The summed E-state index contributed by atoms with van der Waals surface area (Å²) < 4.78 is 0. The molecule has 0 aliphatic carbocycles. The summed E-state index contributed by atoms with van der Waals surface area (Å²) in [4.78, 5) is 3.69. The first-order valence-electron chi connectivity index (χ1n) is 1.94. The third-order valence-corrected chi connectivity index (χ3v) is 0.781. The van der Waals surface area contributed by atoms with Crippen molar-refractivity contribution in [2.24, 2.45) is 4.99 Å². The van der Waals surface area contributed by atoms with Crippen LogP contribution in [0.5, 0.6) is 0 Å². The van der Waals surface area contributed by atoms with E-state index in [1.165, 1.54) is 0 Å². The van der Waals surface area contributed by atoms with Crippen molar-refractivity contribution in [3.8, 4) is 0 Å². The Hall–Kier alpha value is -0.0800. The maximum Gasteiger partial charge on any atom is 0.116 e. The number of aliphatic hydroxyl groups is 1. The largest absolute Gasteiger partial charge is 0.383 e. The predicted octanol–water partition coefficient (Wildman–Crippen LogP) is 0.244. The Labute approximate surface area is 48.7 Å². The molecule has 0 bridgehead atoms. The molecule has 0 radical (unpaired) electrons. The first-order chi connectivity index (χ1) is 2.71. The minimum absolute atomic E-state index is 0. The van der Waals surface area contributed by atoms with Gasteiger partial charge < -0.3 is 5.11 Å². The van der Waals surface area contributed by atoms with Crippen molar-refractivity contribution < 1.29 is 5.11 Å². The van der Waals surface area contributed by atoms with Gasteiger partial charge in [0.15, 0.2) is 0 Å². The van der Waals surface area contributed by atoms with Crippen molar-refractivity contribution in [3.63, 3.8) is 0 Å². The Morgan fingerprint density at radius 3 is 2.14 bits per heavy atom. The van der Waals surface area contributed by atoms with Crippen LogP contribution in [0.2, 0.25) is 0 Å². The molecule has 1 heterocycles. The molecule has 7 heavy (non-hydrogen) atoms. The number of halogens is 1. The molecular weight excluding hydrogens is 114 g/mol. The van der Waals surface area contributed by atoms with E-state index in [2.05, 4.69) is 4.99 Å². The van der Waals surface area contributed by atoms with Crippen molar-refractivity contribution in [2.45, 2.75) is 12.5 Å². The lowest BCUT2D eigenvalue weighted by Crippen LogP contribution is -2.37. The van der Waals surface area contributed by atoms with Gasteiger partial charge in [-0.05, 0) is 6.92 Å². The van der Waals surface area contributed by atoms with Crippen LogP contribution in [0, 0.1) is 0 Å². The highest BCUT2D eigenvalue weighted by Gasteiger charge is 2.22. The van der Waals surface area contributed by atoms with Gasteiger partial charge in [0.25, 0.3) is 0 Å².